The third-order valence-electron chi connectivity index (χ3n) is 3.78. The van der Waals surface area contributed by atoms with Crippen molar-refractivity contribution in [2.75, 3.05) is 20.3 Å². The van der Waals surface area contributed by atoms with Crippen molar-refractivity contribution in [2.45, 2.75) is 44.4 Å². The number of aliphatic hydroxyl groups is 1. The maximum atomic E-state index is 14.0. The maximum absolute atomic E-state index is 14.0. The van der Waals surface area contributed by atoms with Gasteiger partial charge in [-0.2, -0.15) is 0 Å². The van der Waals surface area contributed by atoms with E-state index in [1.54, 1.807) is 13.2 Å². The second kappa shape index (κ2) is 8.32. The molecule has 1 saturated carbocycles. The van der Waals surface area contributed by atoms with Crippen LogP contribution in [0.25, 0.3) is 0 Å². The molecule has 4 nitrogen and oxygen atoms in total. The van der Waals surface area contributed by atoms with Crippen LogP contribution in [-0.2, 0) is 11.3 Å². The normalized spacial score (nSPS) is 22.2. The number of rotatable bonds is 7. The van der Waals surface area contributed by atoms with Gasteiger partial charge in [0.05, 0.1) is 12.7 Å². The lowest BCUT2D eigenvalue weighted by molar-refractivity contribution is 0.00443. The summed E-state index contributed by atoms with van der Waals surface area (Å²) < 4.78 is 24.8. The van der Waals surface area contributed by atoms with E-state index in [9.17, 15) is 9.50 Å². The van der Waals surface area contributed by atoms with Gasteiger partial charge in [0.1, 0.15) is 6.10 Å². The molecule has 5 heteroatoms. The molecule has 21 heavy (non-hydrogen) atoms. The van der Waals surface area contributed by atoms with Gasteiger partial charge in [0, 0.05) is 25.8 Å². The summed E-state index contributed by atoms with van der Waals surface area (Å²) in [5.74, 6) is -0.118. The van der Waals surface area contributed by atoms with Crippen molar-refractivity contribution in [3.8, 4) is 5.75 Å². The lowest BCUT2D eigenvalue weighted by Gasteiger charge is -2.29. The zero-order chi connectivity index (χ0) is 15.1. The van der Waals surface area contributed by atoms with E-state index >= 15 is 0 Å². The lowest BCUT2D eigenvalue weighted by Crippen LogP contribution is -2.35. The van der Waals surface area contributed by atoms with Crippen LogP contribution in [0.2, 0.25) is 0 Å². The summed E-state index contributed by atoms with van der Waals surface area (Å²) in [6, 6.07) is 4.91. The first-order chi connectivity index (χ1) is 10.2. The molecule has 0 saturated heterocycles. The number of ether oxygens (including phenoxy) is 2. The fraction of sp³-hybridized carbons (Fsp3) is 0.625. The fourth-order valence-electron chi connectivity index (χ4n) is 2.59. The Labute approximate surface area is 125 Å². The van der Waals surface area contributed by atoms with E-state index in [2.05, 4.69) is 5.32 Å². The van der Waals surface area contributed by atoms with Crippen molar-refractivity contribution >= 4 is 0 Å². The highest BCUT2D eigenvalue weighted by Crippen LogP contribution is 2.28. The standard InChI is InChI=1S/C16H24FNO3/c1-20-10-9-18-11-12-5-4-6-13(17)16(12)21-15-8-3-2-7-14(15)19/h4-6,14-15,18-19H,2-3,7-11H2,1H3. The van der Waals surface area contributed by atoms with E-state index < -0.39 is 6.10 Å². The molecule has 1 aromatic carbocycles. The molecule has 0 aromatic heterocycles. The predicted octanol–water partition coefficient (Wildman–Crippen LogP) is 2.24. The molecule has 2 atom stereocenters. The minimum atomic E-state index is -0.507. The minimum Gasteiger partial charge on any atom is -0.484 e. The van der Waals surface area contributed by atoms with Gasteiger partial charge in [-0.1, -0.05) is 18.6 Å². The first-order valence-corrected chi connectivity index (χ1v) is 7.54. The molecule has 0 spiro atoms. The summed E-state index contributed by atoms with van der Waals surface area (Å²) in [6.45, 7) is 1.81. The highest BCUT2D eigenvalue weighted by molar-refractivity contribution is 5.35. The topological polar surface area (TPSA) is 50.7 Å². The Balaban J connectivity index is 2.02. The van der Waals surface area contributed by atoms with Crippen LogP contribution < -0.4 is 10.1 Å². The van der Waals surface area contributed by atoms with Gasteiger partial charge in [-0.3, -0.25) is 0 Å². The van der Waals surface area contributed by atoms with Crippen LogP contribution in [0.4, 0.5) is 4.39 Å². The molecular formula is C16H24FNO3. The van der Waals surface area contributed by atoms with E-state index in [-0.39, 0.29) is 17.7 Å². The zero-order valence-corrected chi connectivity index (χ0v) is 12.5. The molecule has 0 amide bonds. The summed E-state index contributed by atoms with van der Waals surface area (Å²) in [5.41, 5.74) is 0.767. The third kappa shape index (κ3) is 4.66. The SMILES string of the molecule is COCCNCc1cccc(F)c1OC1CCCCC1O. The summed E-state index contributed by atoms with van der Waals surface area (Å²) in [5, 5.41) is 13.2. The summed E-state index contributed by atoms with van der Waals surface area (Å²) >= 11 is 0. The Kier molecular flexibility index (Phi) is 6.42. The Hall–Kier alpha value is -1.17. The van der Waals surface area contributed by atoms with Gasteiger partial charge in [0.25, 0.3) is 0 Å². The number of halogens is 1. The Morgan fingerprint density at radius 1 is 1.33 bits per heavy atom. The van der Waals surface area contributed by atoms with Crippen molar-refractivity contribution in [3.05, 3.63) is 29.6 Å². The largest absolute Gasteiger partial charge is 0.484 e. The van der Waals surface area contributed by atoms with E-state index in [1.807, 2.05) is 6.07 Å². The molecule has 1 aliphatic rings. The van der Waals surface area contributed by atoms with E-state index in [4.69, 9.17) is 9.47 Å². The van der Waals surface area contributed by atoms with Crippen LogP contribution >= 0.6 is 0 Å². The molecule has 1 fully saturated rings. The quantitative estimate of drug-likeness (QED) is 0.758. The van der Waals surface area contributed by atoms with Crippen molar-refractivity contribution < 1.29 is 19.0 Å². The fourth-order valence-corrected chi connectivity index (χ4v) is 2.59. The third-order valence-corrected chi connectivity index (χ3v) is 3.78. The van der Waals surface area contributed by atoms with Crippen molar-refractivity contribution in [1.29, 1.82) is 0 Å². The summed E-state index contributed by atoms with van der Waals surface area (Å²) in [4.78, 5) is 0. The highest BCUT2D eigenvalue weighted by atomic mass is 19.1. The van der Waals surface area contributed by atoms with Gasteiger partial charge in [0.15, 0.2) is 11.6 Å². The molecule has 2 N–H and O–H groups in total. The van der Waals surface area contributed by atoms with Gasteiger partial charge in [0.2, 0.25) is 0 Å². The van der Waals surface area contributed by atoms with Crippen LogP contribution in [-0.4, -0.2) is 37.6 Å². The van der Waals surface area contributed by atoms with Crippen molar-refractivity contribution in [3.63, 3.8) is 0 Å². The van der Waals surface area contributed by atoms with Gasteiger partial charge in [-0.25, -0.2) is 4.39 Å². The lowest BCUT2D eigenvalue weighted by atomic mass is 9.95. The van der Waals surface area contributed by atoms with Crippen molar-refractivity contribution in [2.24, 2.45) is 0 Å². The predicted molar refractivity (Wildman–Crippen MR) is 78.9 cm³/mol. The molecule has 0 bridgehead atoms. The first-order valence-electron chi connectivity index (χ1n) is 7.54. The monoisotopic (exact) mass is 297 g/mol. The molecule has 118 valence electrons. The molecule has 2 rings (SSSR count). The first kappa shape index (κ1) is 16.2. The smallest absolute Gasteiger partial charge is 0.165 e. The van der Waals surface area contributed by atoms with E-state index in [1.165, 1.54) is 6.07 Å². The van der Waals surface area contributed by atoms with Crippen LogP contribution in [0.5, 0.6) is 5.75 Å². The van der Waals surface area contributed by atoms with Gasteiger partial charge < -0.3 is 19.9 Å². The van der Waals surface area contributed by atoms with Crippen LogP contribution in [0, 0.1) is 5.82 Å². The van der Waals surface area contributed by atoms with Gasteiger partial charge >= 0.3 is 0 Å². The second-order valence-corrected chi connectivity index (χ2v) is 5.41. The zero-order valence-electron chi connectivity index (χ0n) is 12.5. The second-order valence-electron chi connectivity index (χ2n) is 5.41. The van der Waals surface area contributed by atoms with Crippen LogP contribution in [0.15, 0.2) is 18.2 Å². The maximum Gasteiger partial charge on any atom is 0.165 e. The number of benzene rings is 1. The minimum absolute atomic E-state index is 0.258. The number of hydrogen-bond donors (Lipinski definition) is 2. The number of aliphatic hydroxyl groups excluding tert-OH is 1. The number of methoxy groups -OCH3 is 1. The Morgan fingerprint density at radius 3 is 2.90 bits per heavy atom. The number of hydrogen-bond acceptors (Lipinski definition) is 4. The van der Waals surface area contributed by atoms with Crippen LogP contribution in [0.1, 0.15) is 31.2 Å². The van der Waals surface area contributed by atoms with E-state index in [0.29, 0.717) is 19.7 Å². The molecule has 1 aliphatic carbocycles. The van der Waals surface area contributed by atoms with Gasteiger partial charge in [-0.15, -0.1) is 0 Å². The Morgan fingerprint density at radius 2 is 2.14 bits per heavy atom. The summed E-state index contributed by atoms with van der Waals surface area (Å²) in [6.07, 6.45) is 2.69. The molecular weight excluding hydrogens is 273 g/mol. The highest BCUT2D eigenvalue weighted by Gasteiger charge is 2.26. The molecule has 0 aliphatic heterocycles. The Bertz CT molecular complexity index is 442. The van der Waals surface area contributed by atoms with Gasteiger partial charge in [-0.05, 0) is 25.3 Å². The van der Waals surface area contributed by atoms with E-state index in [0.717, 1.165) is 31.2 Å². The van der Waals surface area contributed by atoms with Crippen molar-refractivity contribution in [1.82, 2.24) is 5.32 Å². The molecule has 2 unspecified atom stereocenters. The molecule has 1 aromatic rings. The number of nitrogens with one attached hydrogen (secondary N) is 1. The average Bonchev–Trinajstić information content (AvgIpc) is 2.49. The number of para-hydroxylation sites is 1. The molecule has 0 heterocycles. The molecule has 0 radical (unpaired) electrons. The summed E-state index contributed by atoms with van der Waals surface area (Å²) in [7, 11) is 1.64. The van der Waals surface area contributed by atoms with Crippen LogP contribution in [0.3, 0.4) is 0 Å². The average molecular weight is 297 g/mol.